The molecule has 0 saturated carbocycles. The molecule has 0 aromatic heterocycles. The Kier molecular flexibility index (Phi) is 3.58. The van der Waals surface area contributed by atoms with E-state index in [2.05, 4.69) is 5.16 Å². The van der Waals surface area contributed by atoms with Crippen LogP contribution in [-0.4, -0.2) is 10.9 Å². The van der Waals surface area contributed by atoms with Gasteiger partial charge in [-0.3, -0.25) is 0 Å². The van der Waals surface area contributed by atoms with E-state index in [4.69, 9.17) is 28.4 Å². The number of hydrogen-bond donors (Lipinski definition) is 1. The number of oxime groups is 1. The van der Waals surface area contributed by atoms with Gasteiger partial charge >= 0.3 is 0 Å². The fourth-order valence-corrected chi connectivity index (χ4v) is 1.45. The molecule has 1 aromatic carbocycles. The standard InChI is InChI=1S/C9H9Cl2NO/c1-6(12-13)4-7-2-3-8(10)5-9(7)11/h2-3,5,13H,4H2,1H3. The normalized spacial score (nSPS) is 11.8. The third-order valence-corrected chi connectivity index (χ3v) is 2.22. The van der Waals surface area contributed by atoms with E-state index < -0.39 is 0 Å². The molecule has 0 aliphatic carbocycles. The van der Waals surface area contributed by atoms with Crippen molar-refractivity contribution < 1.29 is 5.21 Å². The van der Waals surface area contributed by atoms with Crippen molar-refractivity contribution in [1.82, 2.24) is 0 Å². The van der Waals surface area contributed by atoms with Gasteiger partial charge in [0.25, 0.3) is 0 Å². The zero-order valence-electron chi connectivity index (χ0n) is 7.09. The van der Waals surface area contributed by atoms with Crippen LogP contribution in [0.2, 0.25) is 10.0 Å². The number of hydrogen-bond acceptors (Lipinski definition) is 2. The largest absolute Gasteiger partial charge is 0.411 e. The lowest BCUT2D eigenvalue weighted by Gasteiger charge is -2.02. The maximum absolute atomic E-state index is 8.46. The molecule has 4 heteroatoms. The van der Waals surface area contributed by atoms with Gasteiger partial charge in [-0.05, 0) is 24.6 Å². The summed E-state index contributed by atoms with van der Waals surface area (Å²) in [5, 5.41) is 12.7. The predicted octanol–water partition coefficient (Wildman–Crippen LogP) is 3.39. The lowest BCUT2D eigenvalue weighted by atomic mass is 10.1. The van der Waals surface area contributed by atoms with Crippen LogP contribution in [0.3, 0.4) is 0 Å². The molecular weight excluding hydrogens is 209 g/mol. The van der Waals surface area contributed by atoms with Crippen LogP contribution < -0.4 is 0 Å². The zero-order chi connectivity index (χ0) is 9.84. The highest BCUT2D eigenvalue weighted by atomic mass is 35.5. The molecule has 0 fully saturated rings. The van der Waals surface area contributed by atoms with E-state index in [0.29, 0.717) is 22.2 Å². The van der Waals surface area contributed by atoms with Crippen LogP contribution in [-0.2, 0) is 6.42 Å². The second-order valence-corrected chi connectivity index (χ2v) is 3.59. The lowest BCUT2D eigenvalue weighted by Crippen LogP contribution is -1.97. The molecule has 1 aromatic rings. The maximum atomic E-state index is 8.46. The molecule has 0 radical (unpaired) electrons. The van der Waals surface area contributed by atoms with Crippen LogP contribution in [0.4, 0.5) is 0 Å². The van der Waals surface area contributed by atoms with E-state index in [1.165, 1.54) is 0 Å². The molecule has 0 spiro atoms. The molecule has 0 heterocycles. The molecule has 0 atom stereocenters. The molecule has 0 aliphatic rings. The van der Waals surface area contributed by atoms with Gasteiger partial charge in [0.15, 0.2) is 0 Å². The van der Waals surface area contributed by atoms with Gasteiger partial charge in [0.2, 0.25) is 0 Å². The van der Waals surface area contributed by atoms with Crippen molar-refractivity contribution in [3.05, 3.63) is 33.8 Å². The first-order chi connectivity index (χ1) is 6.13. The monoisotopic (exact) mass is 217 g/mol. The summed E-state index contributed by atoms with van der Waals surface area (Å²) < 4.78 is 0. The van der Waals surface area contributed by atoms with E-state index in [1.54, 1.807) is 19.1 Å². The van der Waals surface area contributed by atoms with Gasteiger partial charge in [-0.2, -0.15) is 0 Å². The lowest BCUT2D eigenvalue weighted by molar-refractivity contribution is 0.317. The van der Waals surface area contributed by atoms with Crippen molar-refractivity contribution in [2.45, 2.75) is 13.3 Å². The molecule has 0 aliphatic heterocycles. The third-order valence-electron chi connectivity index (χ3n) is 1.63. The average Bonchev–Trinajstić information content (AvgIpc) is 2.09. The fraction of sp³-hybridized carbons (Fsp3) is 0.222. The minimum Gasteiger partial charge on any atom is -0.411 e. The van der Waals surface area contributed by atoms with Crippen molar-refractivity contribution in [2.75, 3.05) is 0 Å². The third kappa shape index (κ3) is 2.90. The van der Waals surface area contributed by atoms with E-state index >= 15 is 0 Å². The van der Waals surface area contributed by atoms with Gasteiger partial charge in [0, 0.05) is 16.5 Å². The smallest absolute Gasteiger partial charge is 0.0584 e. The first-order valence-corrected chi connectivity index (χ1v) is 4.50. The molecule has 0 unspecified atom stereocenters. The highest BCUT2D eigenvalue weighted by Gasteiger charge is 2.02. The molecule has 70 valence electrons. The Labute approximate surface area is 86.8 Å². The Morgan fingerprint density at radius 2 is 2.15 bits per heavy atom. The van der Waals surface area contributed by atoms with Crippen LogP contribution in [0.5, 0.6) is 0 Å². The molecule has 0 saturated heterocycles. The number of nitrogens with zero attached hydrogens (tertiary/aromatic N) is 1. The molecule has 1 N–H and O–H groups in total. The zero-order valence-corrected chi connectivity index (χ0v) is 8.60. The van der Waals surface area contributed by atoms with E-state index in [-0.39, 0.29) is 0 Å². The van der Waals surface area contributed by atoms with Crippen LogP contribution in [0.15, 0.2) is 23.4 Å². The highest BCUT2D eigenvalue weighted by molar-refractivity contribution is 6.35. The van der Waals surface area contributed by atoms with Crippen molar-refractivity contribution >= 4 is 28.9 Å². The molecule has 1 rings (SSSR count). The van der Waals surface area contributed by atoms with Gasteiger partial charge in [-0.1, -0.05) is 34.4 Å². The molecule has 0 bridgehead atoms. The van der Waals surface area contributed by atoms with Crippen molar-refractivity contribution in [3.8, 4) is 0 Å². The van der Waals surface area contributed by atoms with Gasteiger partial charge in [0.1, 0.15) is 0 Å². The van der Waals surface area contributed by atoms with E-state index in [9.17, 15) is 0 Å². The SMILES string of the molecule is CC(Cc1ccc(Cl)cc1Cl)=NO. The molecular formula is C9H9Cl2NO. The summed E-state index contributed by atoms with van der Waals surface area (Å²) in [5.74, 6) is 0. The topological polar surface area (TPSA) is 32.6 Å². The quantitative estimate of drug-likeness (QED) is 0.460. The Balaban J connectivity index is 2.90. The highest BCUT2D eigenvalue weighted by Crippen LogP contribution is 2.21. The number of rotatable bonds is 2. The minimum absolute atomic E-state index is 0.534. The van der Waals surface area contributed by atoms with Crippen LogP contribution in [0.1, 0.15) is 12.5 Å². The minimum atomic E-state index is 0.534. The van der Waals surface area contributed by atoms with Gasteiger partial charge in [0.05, 0.1) is 5.71 Å². The second kappa shape index (κ2) is 4.49. The Bertz CT molecular complexity index is 336. The summed E-state index contributed by atoms with van der Waals surface area (Å²) in [7, 11) is 0. The average molecular weight is 218 g/mol. The number of benzene rings is 1. The van der Waals surface area contributed by atoms with E-state index in [0.717, 1.165) is 5.56 Å². The van der Waals surface area contributed by atoms with Crippen LogP contribution in [0.25, 0.3) is 0 Å². The van der Waals surface area contributed by atoms with Crippen LogP contribution >= 0.6 is 23.2 Å². The first kappa shape index (κ1) is 10.4. The van der Waals surface area contributed by atoms with Gasteiger partial charge in [-0.15, -0.1) is 0 Å². The van der Waals surface area contributed by atoms with Gasteiger partial charge in [-0.25, -0.2) is 0 Å². The molecule has 0 amide bonds. The van der Waals surface area contributed by atoms with Crippen molar-refractivity contribution in [1.29, 1.82) is 0 Å². The summed E-state index contributed by atoms with van der Waals surface area (Å²) in [6, 6.07) is 5.25. The second-order valence-electron chi connectivity index (χ2n) is 2.75. The Hall–Kier alpha value is -0.730. The predicted molar refractivity (Wildman–Crippen MR) is 55.1 cm³/mol. The maximum Gasteiger partial charge on any atom is 0.0584 e. The Morgan fingerprint density at radius 1 is 1.46 bits per heavy atom. The van der Waals surface area contributed by atoms with Gasteiger partial charge < -0.3 is 5.21 Å². The summed E-state index contributed by atoms with van der Waals surface area (Å²) in [6.07, 6.45) is 0.534. The molecule has 13 heavy (non-hydrogen) atoms. The first-order valence-electron chi connectivity index (χ1n) is 3.75. The summed E-state index contributed by atoms with van der Waals surface area (Å²) >= 11 is 11.6. The van der Waals surface area contributed by atoms with Crippen LogP contribution in [0, 0.1) is 0 Å². The summed E-state index contributed by atoms with van der Waals surface area (Å²) in [6.45, 7) is 1.73. The van der Waals surface area contributed by atoms with Crippen molar-refractivity contribution in [2.24, 2.45) is 5.16 Å². The molecule has 2 nitrogen and oxygen atoms in total. The fourth-order valence-electron chi connectivity index (χ4n) is 0.976. The summed E-state index contributed by atoms with van der Waals surface area (Å²) in [4.78, 5) is 0. The van der Waals surface area contributed by atoms with E-state index in [1.807, 2.05) is 6.07 Å². The van der Waals surface area contributed by atoms with Crippen molar-refractivity contribution in [3.63, 3.8) is 0 Å². The summed E-state index contributed by atoms with van der Waals surface area (Å²) in [5.41, 5.74) is 1.52. The number of halogens is 2. The Morgan fingerprint density at radius 3 is 2.69 bits per heavy atom.